The molecule has 0 fully saturated rings. The highest BCUT2D eigenvalue weighted by molar-refractivity contribution is 7.26. The van der Waals surface area contributed by atoms with Crippen molar-refractivity contribution in [3.05, 3.63) is 206 Å². The average Bonchev–Trinajstić information content (AvgIpc) is 3.97. The minimum atomic E-state index is 0.894. The van der Waals surface area contributed by atoms with Gasteiger partial charge in [-0.2, -0.15) is 0 Å². The number of benzene rings is 9. The number of nitrogens with zero attached hydrogens (tertiary/aromatic N) is 2. The van der Waals surface area contributed by atoms with Gasteiger partial charge in [-0.05, 0) is 89.5 Å². The Kier molecular flexibility index (Phi) is 7.40. The van der Waals surface area contributed by atoms with Crippen LogP contribution >= 0.6 is 11.3 Å². The predicted molar refractivity (Wildman–Crippen MR) is 247 cm³/mol. The third-order valence-corrected chi connectivity index (χ3v) is 12.8. The molecule has 0 atom stereocenters. The molecular formula is C54H34N2OS. The molecule has 0 saturated carbocycles. The first kappa shape index (κ1) is 32.8. The molecule has 0 amide bonds. The van der Waals surface area contributed by atoms with E-state index in [1.54, 1.807) is 0 Å². The molecule has 0 aliphatic heterocycles. The molecule has 0 N–H and O–H groups in total. The maximum Gasteiger partial charge on any atom is 0.143 e. The van der Waals surface area contributed by atoms with Crippen molar-refractivity contribution in [2.45, 2.75) is 0 Å². The van der Waals surface area contributed by atoms with Crippen LogP contribution in [0.5, 0.6) is 0 Å². The predicted octanol–water partition coefficient (Wildman–Crippen LogP) is 15.9. The summed E-state index contributed by atoms with van der Waals surface area (Å²) in [6.07, 6.45) is 0. The fourth-order valence-electron chi connectivity index (χ4n) is 8.92. The summed E-state index contributed by atoms with van der Waals surface area (Å²) in [6, 6.07) is 74.4. The summed E-state index contributed by atoms with van der Waals surface area (Å²) in [5.41, 5.74) is 13.3. The summed E-state index contributed by atoms with van der Waals surface area (Å²) in [7, 11) is 0. The Bertz CT molecular complexity index is 3500. The van der Waals surface area contributed by atoms with Gasteiger partial charge in [0.05, 0.1) is 21.4 Å². The number of aromatic nitrogens is 1. The van der Waals surface area contributed by atoms with Crippen LogP contribution in [0.4, 0.5) is 17.1 Å². The van der Waals surface area contributed by atoms with Crippen molar-refractivity contribution in [1.29, 1.82) is 0 Å². The van der Waals surface area contributed by atoms with Gasteiger partial charge < -0.3 is 13.9 Å². The summed E-state index contributed by atoms with van der Waals surface area (Å²) >= 11 is 1.86. The van der Waals surface area contributed by atoms with E-state index in [0.717, 1.165) is 66.9 Å². The Morgan fingerprint density at radius 2 is 1.09 bits per heavy atom. The highest BCUT2D eigenvalue weighted by Gasteiger charge is 2.21. The number of hydrogen-bond donors (Lipinski definition) is 0. The lowest BCUT2D eigenvalue weighted by Crippen LogP contribution is -2.10. The van der Waals surface area contributed by atoms with Crippen molar-refractivity contribution in [3.8, 4) is 27.9 Å². The Morgan fingerprint density at radius 1 is 0.414 bits per heavy atom. The number of rotatable bonds is 6. The SMILES string of the molecule is c1ccc(-c2cccc3c2oc2ccc(-c4ccc(N(c5ccc6c(c5)c5ccccc5n6-c5ccccc5)c5cccc6c5sc5ccccc56)cc4)cc23)cc1. The number of furan rings is 1. The third kappa shape index (κ3) is 5.12. The van der Waals surface area contributed by atoms with E-state index >= 15 is 0 Å². The van der Waals surface area contributed by atoms with Crippen molar-refractivity contribution < 1.29 is 4.42 Å². The van der Waals surface area contributed by atoms with Crippen LogP contribution in [0, 0.1) is 0 Å². The van der Waals surface area contributed by atoms with Crippen LogP contribution in [0.25, 0.3) is 91.9 Å². The van der Waals surface area contributed by atoms with Crippen LogP contribution in [0.2, 0.25) is 0 Å². The van der Waals surface area contributed by atoms with Gasteiger partial charge in [0.25, 0.3) is 0 Å². The quantitative estimate of drug-likeness (QED) is 0.168. The topological polar surface area (TPSA) is 21.3 Å². The number of thiophene rings is 1. The van der Waals surface area contributed by atoms with Crippen molar-refractivity contribution in [1.82, 2.24) is 4.57 Å². The number of anilines is 3. The molecule has 0 spiro atoms. The lowest BCUT2D eigenvalue weighted by Gasteiger charge is -2.26. The van der Waals surface area contributed by atoms with Crippen molar-refractivity contribution in [2.24, 2.45) is 0 Å². The first-order valence-electron chi connectivity index (χ1n) is 19.7. The van der Waals surface area contributed by atoms with Crippen LogP contribution in [-0.2, 0) is 0 Å². The second kappa shape index (κ2) is 13.1. The van der Waals surface area contributed by atoms with Crippen LogP contribution in [0.3, 0.4) is 0 Å². The Hall–Kier alpha value is -7.40. The summed E-state index contributed by atoms with van der Waals surface area (Å²) in [5, 5.41) is 7.27. The number of hydrogen-bond acceptors (Lipinski definition) is 3. The third-order valence-electron chi connectivity index (χ3n) is 11.6. The van der Waals surface area contributed by atoms with E-state index in [2.05, 4.69) is 210 Å². The molecule has 3 heterocycles. The Morgan fingerprint density at radius 3 is 1.95 bits per heavy atom. The van der Waals surface area contributed by atoms with E-state index in [1.807, 2.05) is 17.4 Å². The second-order valence-corrected chi connectivity index (χ2v) is 15.9. The van der Waals surface area contributed by atoms with Gasteiger partial charge in [-0.15, -0.1) is 11.3 Å². The van der Waals surface area contributed by atoms with Crippen LogP contribution < -0.4 is 4.90 Å². The summed E-state index contributed by atoms with van der Waals surface area (Å²) in [4.78, 5) is 2.44. The fourth-order valence-corrected chi connectivity index (χ4v) is 10.1. The minimum absolute atomic E-state index is 0.894. The maximum atomic E-state index is 6.51. The molecule has 12 aromatic rings. The van der Waals surface area contributed by atoms with Crippen LogP contribution in [0.1, 0.15) is 0 Å². The Labute approximate surface area is 338 Å². The first-order valence-corrected chi connectivity index (χ1v) is 20.5. The van der Waals surface area contributed by atoms with E-state index in [9.17, 15) is 0 Å². The zero-order valence-corrected chi connectivity index (χ0v) is 32.2. The first-order chi connectivity index (χ1) is 28.8. The molecule has 3 nitrogen and oxygen atoms in total. The monoisotopic (exact) mass is 758 g/mol. The summed E-state index contributed by atoms with van der Waals surface area (Å²) in [5.74, 6) is 0. The zero-order valence-electron chi connectivity index (χ0n) is 31.3. The maximum absolute atomic E-state index is 6.51. The van der Waals surface area contributed by atoms with Gasteiger partial charge in [0.15, 0.2) is 0 Å². The van der Waals surface area contributed by atoms with Gasteiger partial charge in [-0.3, -0.25) is 0 Å². The van der Waals surface area contributed by atoms with Crippen LogP contribution in [0.15, 0.2) is 211 Å². The van der Waals surface area contributed by atoms with Crippen LogP contribution in [-0.4, -0.2) is 4.57 Å². The molecule has 9 aromatic carbocycles. The Balaban J connectivity index is 1.02. The molecule has 272 valence electrons. The van der Waals surface area contributed by atoms with Gasteiger partial charge in [0.2, 0.25) is 0 Å². The largest absolute Gasteiger partial charge is 0.455 e. The molecule has 0 radical (unpaired) electrons. The number of fused-ring (bicyclic) bond motifs is 9. The highest BCUT2D eigenvalue weighted by Crippen LogP contribution is 2.46. The normalized spacial score (nSPS) is 11.8. The molecule has 12 rings (SSSR count). The number of para-hydroxylation sites is 3. The van der Waals surface area contributed by atoms with Gasteiger partial charge in [-0.25, -0.2) is 0 Å². The molecule has 0 aliphatic carbocycles. The van der Waals surface area contributed by atoms with E-state index in [0.29, 0.717) is 0 Å². The lowest BCUT2D eigenvalue weighted by molar-refractivity contribution is 0.670. The molecule has 58 heavy (non-hydrogen) atoms. The molecule has 0 aliphatic rings. The minimum Gasteiger partial charge on any atom is -0.455 e. The molecule has 0 unspecified atom stereocenters. The van der Waals surface area contributed by atoms with Gasteiger partial charge in [-0.1, -0.05) is 133 Å². The zero-order chi connectivity index (χ0) is 38.2. The second-order valence-electron chi connectivity index (χ2n) is 14.9. The van der Waals surface area contributed by atoms with Gasteiger partial charge in [0, 0.05) is 59.6 Å². The van der Waals surface area contributed by atoms with E-state index < -0.39 is 0 Å². The van der Waals surface area contributed by atoms with Gasteiger partial charge >= 0.3 is 0 Å². The van der Waals surface area contributed by atoms with Gasteiger partial charge in [0.1, 0.15) is 11.2 Å². The molecular weight excluding hydrogens is 725 g/mol. The van der Waals surface area contributed by atoms with E-state index in [1.165, 1.54) is 42.0 Å². The highest BCUT2D eigenvalue weighted by atomic mass is 32.1. The average molecular weight is 759 g/mol. The molecule has 4 heteroatoms. The smallest absolute Gasteiger partial charge is 0.143 e. The molecule has 0 bridgehead atoms. The van der Waals surface area contributed by atoms with Crippen molar-refractivity contribution in [3.63, 3.8) is 0 Å². The summed E-state index contributed by atoms with van der Waals surface area (Å²) in [6.45, 7) is 0. The van der Waals surface area contributed by atoms with Crippen molar-refractivity contribution >= 4 is 92.3 Å². The molecule has 0 saturated heterocycles. The fraction of sp³-hybridized carbons (Fsp3) is 0. The molecule has 3 aromatic heterocycles. The van der Waals surface area contributed by atoms with Crippen molar-refractivity contribution in [2.75, 3.05) is 4.90 Å². The summed E-state index contributed by atoms with van der Waals surface area (Å²) < 4.78 is 11.5. The van der Waals surface area contributed by atoms with E-state index in [-0.39, 0.29) is 0 Å². The standard InChI is InChI=1S/C54H34N2OS/c1-3-13-36(14-4-1)41-19-11-20-44-47-33-37(27-32-51(47)57-53(41)44)35-25-28-39(29-26-35)55(50-23-12-21-45-43-18-8-10-24-52(43)58-54(45)50)40-30-31-49-46(34-40)42-17-7-9-22-48(42)56(49)38-15-5-2-6-16-38/h1-34H. The van der Waals surface area contributed by atoms with E-state index in [4.69, 9.17) is 4.42 Å². The lowest BCUT2D eigenvalue weighted by atomic mass is 10.00.